The number of hydrogen-bond acceptors (Lipinski definition) is 3. The zero-order chi connectivity index (χ0) is 14.9. The Morgan fingerprint density at radius 1 is 1.05 bits per heavy atom. The van der Waals surface area contributed by atoms with E-state index in [9.17, 15) is 0 Å². The van der Waals surface area contributed by atoms with Crippen molar-refractivity contribution in [3.63, 3.8) is 0 Å². The predicted octanol–water partition coefficient (Wildman–Crippen LogP) is 4.34. The van der Waals surface area contributed by atoms with Gasteiger partial charge in [0.25, 0.3) is 0 Å². The van der Waals surface area contributed by atoms with Crippen LogP contribution in [-0.4, -0.2) is 15.0 Å². The van der Waals surface area contributed by atoms with E-state index >= 15 is 0 Å². The highest BCUT2D eigenvalue weighted by molar-refractivity contribution is 14.1. The number of aromatic nitrogens is 3. The Bertz CT molecular complexity index is 909. The van der Waals surface area contributed by atoms with Crippen LogP contribution in [-0.2, 0) is 6.54 Å². The van der Waals surface area contributed by atoms with Gasteiger partial charge in [-0.05, 0) is 46.4 Å². The molecule has 4 aromatic rings. The lowest BCUT2D eigenvalue weighted by Gasteiger charge is -2.02. The molecule has 0 radical (unpaired) electrons. The molecule has 0 atom stereocenters. The van der Waals surface area contributed by atoms with Crippen LogP contribution in [0.2, 0.25) is 0 Å². The average Bonchev–Trinajstić information content (AvgIpc) is 3.15. The maximum absolute atomic E-state index is 5.82. The summed E-state index contributed by atoms with van der Waals surface area (Å²) in [7, 11) is 0. The predicted molar refractivity (Wildman–Crippen MR) is 93.5 cm³/mol. The molecule has 108 valence electrons. The highest BCUT2D eigenvalue weighted by Gasteiger charge is 2.10. The summed E-state index contributed by atoms with van der Waals surface area (Å²) in [6.07, 6.45) is 1.92. The molecule has 2 heterocycles. The van der Waals surface area contributed by atoms with E-state index in [1.807, 2.05) is 53.3 Å². The smallest absolute Gasteiger partial charge is 0.157 e. The van der Waals surface area contributed by atoms with E-state index in [0.717, 1.165) is 22.4 Å². The minimum Gasteiger partial charge on any atom is -0.454 e. The maximum atomic E-state index is 5.82. The summed E-state index contributed by atoms with van der Waals surface area (Å²) in [5, 5.41) is 9.50. The fourth-order valence-electron chi connectivity index (χ4n) is 2.40. The van der Waals surface area contributed by atoms with Gasteiger partial charge in [0.1, 0.15) is 11.3 Å². The normalized spacial score (nSPS) is 11.1. The van der Waals surface area contributed by atoms with Crippen molar-refractivity contribution in [1.82, 2.24) is 15.0 Å². The number of furan rings is 1. The third kappa shape index (κ3) is 2.52. The Morgan fingerprint density at radius 2 is 1.86 bits per heavy atom. The van der Waals surface area contributed by atoms with Crippen molar-refractivity contribution in [3.05, 3.63) is 69.9 Å². The van der Waals surface area contributed by atoms with Crippen LogP contribution in [0.15, 0.2) is 65.2 Å². The van der Waals surface area contributed by atoms with Gasteiger partial charge in [0.15, 0.2) is 5.76 Å². The fraction of sp³-hybridized carbons (Fsp3) is 0.0588. The van der Waals surface area contributed by atoms with Gasteiger partial charge in [-0.25, -0.2) is 4.68 Å². The monoisotopic (exact) mass is 401 g/mol. The molecule has 0 aliphatic carbocycles. The summed E-state index contributed by atoms with van der Waals surface area (Å²) < 4.78 is 8.88. The Labute approximate surface area is 140 Å². The molecule has 0 spiro atoms. The molecule has 0 saturated carbocycles. The molecule has 0 saturated heterocycles. The van der Waals surface area contributed by atoms with E-state index in [-0.39, 0.29) is 0 Å². The van der Waals surface area contributed by atoms with Crippen LogP contribution >= 0.6 is 22.6 Å². The van der Waals surface area contributed by atoms with Gasteiger partial charge in [0.05, 0.1) is 12.7 Å². The summed E-state index contributed by atoms with van der Waals surface area (Å²) in [6.45, 7) is 0.701. The van der Waals surface area contributed by atoms with E-state index in [0.29, 0.717) is 6.54 Å². The molecule has 0 fully saturated rings. The van der Waals surface area contributed by atoms with Gasteiger partial charge in [0, 0.05) is 8.96 Å². The van der Waals surface area contributed by atoms with Gasteiger partial charge in [-0.1, -0.05) is 41.6 Å². The molecule has 2 aromatic carbocycles. The van der Waals surface area contributed by atoms with Crippen LogP contribution in [0.5, 0.6) is 0 Å². The van der Waals surface area contributed by atoms with Crippen LogP contribution in [0.1, 0.15) is 5.56 Å². The van der Waals surface area contributed by atoms with E-state index in [1.165, 1.54) is 9.13 Å². The minimum absolute atomic E-state index is 0.701. The summed E-state index contributed by atoms with van der Waals surface area (Å²) in [5.41, 5.74) is 2.84. The summed E-state index contributed by atoms with van der Waals surface area (Å²) in [6, 6.07) is 18.2. The first-order valence-corrected chi connectivity index (χ1v) is 8.00. The summed E-state index contributed by atoms with van der Waals surface area (Å²) in [4.78, 5) is 0. The minimum atomic E-state index is 0.701. The first-order valence-electron chi connectivity index (χ1n) is 6.92. The van der Waals surface area contributed by atoms with E-state index in [2.05, 4.69) is 45.0 Å². The van der Waals surface area contributed by atoms with Crippen molar-refractivity contribution in [1.29, 1.82) is 0 Å². The Balaban J connectivity index is 1.65. The van der Waals surface area contributed by atoms with Crippen molar-refractivity contribution in [3.8, 4) is 11.5 Å². The molecule has 4 nitrogen and oxygen atoms in total. The zero-order valence-electron chi connectivity index (χ0n) is 11.6. The number of nitrogens with zero attached hydrogens (tertiary/aromatic N) is 3. The van der Waals surface area contributed by atoms with E-state index in [1.54, 1.807) is 0 Å². The van der Waals surface area contributed by atoms with Gasteiger partial charge < -0.3 is 4.42 Å². The number of halogens is 1. The van der Waals surface area contributed by atoms with Gasteiger partial charge in [-0.3, -0.25) is 0 Å². The van der Waals surface area contributed by atoms with Crippen LogP contribution in [0.4, 0.5) is 0 Å². The van der Waals surface area contributed by atoms with Crippen molar-refractivity contribution >= 4 is 33.6 Å². The van der Waals surface area contributed by atoms with Crippen LogP contribution in [0.3, 0.4) is 0 Å². The topological polar surface area (TPSA) is 43.9 Å². The quantitative estimate of drug-likeness (QED) is 0.480. The van der Waals surface area contributed by atoms with Crippen LogP contribution in [0.25, 0.3) is 22.4 Å². The van der Waals surface area contributed by atoms with Crippen molar-refractivity contribution in [2.24, 2.45) is 0 Å². The Kier molecular flexibility index (Phi) is 3.42. The highest BCUT2D eigenvalue weighted by atomic mass is 127. The molecule has 0 aliphatic heterocycles. The third-order valence-corrected chi connectivity index (χ3v) is 4.56. The molecule has 2 aromatic heterocycles. The van der Waals surface area contributed by atoms with Gasteiger partial charge in [-0.15, -0.1) is 5.10 Å². The lowest BCUT2D eigenvalue weighted by atomic mass is 10.2. The number of rotatable bonds is 3. The molecule has 0 N–H and O–H groups in total. The fourth-order valence-corrected chi connectivity index (χ4v) is 2.96. The second-order valence-electron chi connectivity index (χ2n) is 5.04. The Hall–Kier alpha value is -2.15. The van der Waals surface area contributed by atoms with E-state index < -0.39 is 0 Å². The second kappa shape index (κ2) is 5.57. The molecule has 0 aliphatic rings. The largest absolute Gasteiger partial charge is 0.454 e. The van der Waals surface area contributed by atoms with Gasteiger partial charge in [0.2, 0.25) is 0 Å². The number of fused-ring (bicyclic) bond motifs is 1. The number of para-hydroxylation sites is 1. The molecule has 22 heavy (non-hydrogen) atoms. The number of hydrogen-bond donors (Lipinski definition) is 0. The summed E-state index contributed by atoms with van der Waals surface area (Å²) >= 11 is 2.33. The SMILES string of the molecule is Ic1ccccc1Cn1cc(-c2cc3ccccc3o2)nn1. The first kappa shape index (κ1) is 13.5. The average molecular weight is 401 g/mol. The van der Waals surface area contributed by atoms with E-state index in [4.69, 9.17) is 4.42 Å². The molecule has 0 unspecified atom stereocenters. The first-order chi connectivity index (χ1) is 10.8. The molecule has 0 bridgehead atoms. The third-order valence-electron chi connectivity index (χ3n) is 3.51. The van der Waals surface area contributed by atoms with Crippen LogP contribution in [0, 0.1) is 3.57 Å². The molecular weight excluding hydrogens is 389 g/mol. The zero-order valence-corrected chi connectivity index (χ0v) is 13.8. The Morgan fingerprint density at radius 3 is 2.73 bits per heavy atom. The molecule has 0 amide bonds. The van der Waals surface area contributed by atoms with Crippen molar-refractivity contribution in [2.45, 2.75) is 6.54 Å². The standard InChI is InChI=1S/C17H12IN3O/c18-14-7-3-1-6-13(14)10-21-11-15(19-20-21)17-9-12-5-2-4-8-16(12)22-17/h1-9,11H,10H2. The lowest BCUT2D eigenvalue weighted by Crippen LogP contribution is -2.01. The van der Waals surface area contributed by atoms with Gasteiger partial charge >= 0.3 is 0 Å². The second-order valence-corrected chi connectivity index (χ2v) is 6.20. The van der Waals surface area contributed by atoms with Crippen LogP contribution < -0.4 is 0 Å². The van der Waals surface area contributed by atoms with Crippen molar-refractivity contribution in [2.75, 3.05) is 0 Å². The lowest BCUT2D eigenvalue weighted by molar-refractivity contribution is 0.627. The summed E-state index contributed by atoms with van der Waals surface area (Å²) in [5.74, 6) is 0.746. The van der Waals surface area contributed by atoms with Gasteiger partial charge in [-0.2, -0.15) is 0 Å². The number of benzene rings is 2. The van der Waals surface area contributed by atoms with Crippen molar-refractivity contribution < 1.29 is 4.42 Å². The molecule has 4 rings (SSSR count). The highest BCUT2D eigenvalue weighted by Crippen LogP contribution is 2.26. The maximum Gasteiger partial charge on any atom is 0.157 e. The molecular formula is C17H12IN3O. The molecule has 5 heteroatoms.